The first-order valence-electron chi connectivity index (χ1n) is 9.33. The molecule has 6 heteroatoms. The number of carbonyl (C=O) groups is 1. The third kappa shape index (κ3) is 3.72. The molecule has 6 nitrogen and oxygen atoms in total. The van der Waals surface area contributed by atoms with E-state index in [0.29, 0.717) is 24.4 Å². The van der Waals surface area contributed by atoms with Gasteiger partial charge in [0.25, 0.3) is 5.91 Å². The second-order valence-electron chi connectivity index (χ2n) is 8.20. The van der Waals surface area contributed by atoms with E-state index in [4.69, 9.17) is 9.26 Å². The Hall–Kier alpha value is -2.34. The summed E-state index contributed by atoms with van der Waals surface area (Å²) in [6, 6.07) is 8.08. The number of ether oxygens (including phenoxy) is 1. The molecule has 2 aromatic rings. The van der Waals surface area contributed by atoms with Crippen molar-refractivity contribution >= 4 is 5.91 Å². The number of rotatable bonds is 3. The fraction of sp³-hybridized carbons (Fsp3) is 0.524. The van der Waals surface area contributed by atoms with Crippen molar-refractivity contribution in [3.05, 3.63) is 46.8 Å². The maximum atomic E-state index is 13.4. The number of carbonyl (C=O) groups excluding carboxylic acids is 1. The normalized spacial score (nSPS) is 18.6. The minimum atomic E-state index is -0.253. The van der Waals surface area contributed by atoms with Crippen molar-refractivity contribution in [3.8, 4) is 5.75 Å². The van der Waals surface area contributed by atoms with E-state index in [1.807, 2.05) is 50.8 Å². The zero-order valence-corrected chi connectivity index (χ0v) is 17.1. The summed E-state index contributed by atoms with van der Waals surface area (Å²) in [7, 11) is 3.77. The summed E-state index contributed by atoms with van der Waals surface area (Å²) in [5, 5.41) is 4.17. The Kier molecular flexibility index (Phi) is 5.29. The highest BCUT2D eigenvalue weighted by atomic mass is 16.5. The van der Waals surface area contributed by atoms with Crippen molar-refractivity contribution in [3.63, 3.8) is 0 Å². The summed E-state index contributed by atoms with van der Waals surface area (Å²) in [6.45, 7) is 10.0. The second-order valence-corrected chi connectivity index (χ2v) is 8.20. The summed E-state index contributed by atoms with van der Waals surface area (Å²) in [4.78, 5) is 17.5. The molecular formula is C21H29N3O3. The van der Waals surface area contributed by atoms with Gasteiger partial charge in [-0.15, -0.1) is 0 Å². The lowest BCUT2D eigenvalue weighted by Gasteiger charge is -2.40. The van der Waals surface area contributed by atoms with Crippen LogP contribution in [-0.4, -0.2) is 54.7 Å². The standard InChI is InChI=1S/C21H29N3O3/c1-14-18(19(22-27-14)21(2,3)4)20(25)24-12-11-23(5)16(13-24)15-9-7-8-10-17(15)26-6/h7-10,16H,11-13H2,1-6H3. The average Bonchev–Trinajstić information content (AvgIpc) is 3.03. The zero-order valence-electron chi connectivity index (χ0n) is 17.1. The van der Waals surface area contributed by atoms with Gasteiger partial charge in [0.1, 0.15) is 22.8 Å². The van der Waals surface area contributed by atoms with Gasteiger partial charge < -0.3 is 14.2 Å². The number of methoxy groups -OCH3 is 1. The smallest absolute Gasteiger partial charge is 0.259 e. The van der Waals surface area contributed by atoms with Gasteiger partial charge in [0.15, 0.2) is 0 Å². The third-order valence-electron chi connectivity index (χ3n) is 5.22. The second kappa shape index (κ2) is 7.35. The third-order valence-corrected chi connectivity index (χ3v) is 5.22. The minimum Gasteiger partial charge on any atom is -0.496 e. The van der Waals surface area contributed by atoms with Crippen LogP contribution in [0.4, 0.5) is 0 Å². The van der Waals surface area contributed by atoms with E-state index in [9.17, 15) is 4.79 Å². The summed E-state index contributed by atoms with van der Waals surface area (Å²) in [6.07, 6.45) is 0. The fourth-order valence-electron chi connectivity index (χ4n) is 3.63. The molecule has 1 fully saturated rings. The molecule has 0 aliphatic carbocycles. The molecule has 1 aromatic heterocycles. The van der Waals surface area contributed by atoms with Crippen LogP contribution in [0.1, 0.15) is 54.2 Å². The molecule has 0 radical (unpaired) electrons. The van der Waals surface area contributed by atoms with Crippen molar-refractivity contribution in [2.45, 2.75) is 39.2 Å². The van der Waals surface area contributed by atoms with Crippen molar-refractivity contribution in [1.29, 1.82) is 0 Å². The fourth-order valence-corrected chi connectivity index (χ4v) is 3.63. The highest BCUT2D eigenvalue weighted by Gasteiger charge is 2.35. The number of hydrogen-bond acceptors (Lipinski definition) is 5. The first-order valence-corrected chi connectivity index (χ1v) is 9.33. The lowest BCUT2D eigenvalue weighted by Crippen LogP contribution is -2.49. The topological polar surface area (TPSA) is 58.8 Å². The van der Waals surface area contributed by atoms with E-state index in [1.54, 1.807) is 7.11 Å². The van der Waals surface area contributed by atoms with Crippen LogP contribution in [0.2, 0.25) is 0 Å². The Morgan fingerprint density at radius 3 is 2.63 bits per heavy atom. The van der Waals surface area contributed by atoms with E-state index in [2.05, 4.69) is 23.2 Å². The molecular weight excluding hydrogens is 342 g/mol. The molecule has 0 spiro atoms. The summed E-state index contributed by atoms with van der Waals surface area (Å²) in [5.41, 5.74) is 2.17. The zero-order chi connectivity index (χ0) is 19.8. The predicted molar refractivity (Wildman–Crippen MR) is 104 cm³/mol. The van der Waals surface area contributed by atoms with Gasteiger partial charge >= 0.3 is 0 Å². The number of aryl methyl sites for hydroxylation is 1. The van der Waals surface area contributed by atoms with Gasteiger partial charge in [0.2, 0.25) is 0 Å². The number of aromatic nitrogens is 1. The number of likely N-dealkylation sites (N-methyl/N-ethyl adjacent to an activating group) is 1. The van der Waals surface area contributed by atoms with Crippen LogP contribution in [-0.2, 0) is 5.41 Å². The minimum absolute atomic E-state index is 0.00771. The molecule has 0 N–H and O–H groups in total. The van der Waals surface area contributed by atoms with E-state index in [-0.39, 0.29) is 17.4 Å². The molecule has 1 amide bonds. The molecule has 0 saturated carbocycles. The van der Waals surface area contributed by atoms with Crippen LogP contribution in [0.5, 0.6) is 5.75 Å². The largest absolute Gasteiger partial charge is 0.496 e. The Labute approximate surface area is 161 Å². The lowest BCUT2D eigenvalue weighted by atomic mass is 9.88. The monoisotopic (exact) mass is 371 g/mol. The Bertz CT molecular complexity index is 822. The van der Waals surface area contributed by atoms with Gasteiger partial charge in [-0.2, -0.15) is 0 Å². The molecule has 27 heavy (non-hydrogen) atoms. The Morgan fingerprint density at radius 1 is 1.26 bits per heavy atom. The van der Waals surface area contributed by atoms with Gasteiger partial charge in [0.05, 0.1) is 13.2 Å². The molecule has 0 bridgehead atoms. The number of nitrogens with zero attached hydrogens (tertiary/aromatic N) is 3. The van der Waals surface area contributed by atoms with Gasteiger partial charge in [-0.05, 0) is 20.0 Å². The highest BCUT2D eigenvalue weighted by molar-refractivity contribution is 5.96. The van der Waals surface area contributed by atoms with Crippen LogP contribution in [0, 0.1) is 6.92 Å². The van der Waals surface area contributed by atoms with Crippen LogP contribution < -0.4 is 4.74 Å². The molecule has 1 atom stereocenters. The molecule has 1 saturated heterocycles. The van der Waals surface area contributed by atoms with E-state index < -0.39 is 0 Å². The van der Waals surface area contributed by atoms with Crippen LogP contribution in [0.3, 0.4) is 0 Å². The molecule has 1 aliphatic rings. The molecule has 1 aromatic carbocycles. The molecule has 1 unspecified atom stereocenters. The van der Waals surface area contributed by atoms with Crippen molar-refractivity contribution < 1.29 is 14.1 Å². The van der Waals surface area contributed by atoms with Gasteiger partial charge in [-0.1, -0.05) is 44.1 Å². The van der Waals surface area contributed by atoms with Crippen LogP contribution >= 0.6 is 0 Å². The number of para-hydroxylation sites is 1. The first-order chi connectivity index (χ1) is 12.7. The summed E-state index contributed by atoms with van der Waals surface area (Å²) in [5.74, 6) is 1.42. The number of piperazine rings is 1. The number of benzene rings is 1. The highest BCUT2D eigenvalue weighted by Crippen LogP contribution is 2.33. The molecule has 146 valence electrons. The number of hydrogen-bond donors (Lipinski definition) is 0. The maximum absolute atomic E-state index is 13.4. The van der Waals surface area contributed by atoms with Crippen LogP contribution in [0.25, 0.3) is 0 Å². The average molecular weight is 371 g/mol. The molecule has 1 aliphatic heterocycles. The van der Waals surface area contributed by atoms with E-state index >= 15 is 0 Å². The Morgan fingerprint density at radius 2 is 1.96 bits per heavy atom. The van der Waals surface area contributed by atoms with Gasteiger partial charge in [-0.3, -0.25) is 9.69 Å². The molecule has 2 heterocycles. The SMILES string of the molecule is COc1ccccc1C1CN(C(=O)c2c(C(C)(C)C)noc2C)CCN1C. The quantitative estimate of drug-likeness (QED) is 0.827. The molecule has 3 rings (SSSR count). The van der Waals surface area contributed by atoms with Gasteiger partial charge in [-0.25, -0.2) is 0 Å². The maximum Gasteiger partial charge on any atom is 0.259 e. The van der Waals surface area contributed by atoms with E-state index in [1.165, 1.54) is 0 Å². The summed E-state index contributed by atoms with van der Waals surface area (Å²) >= 11 is 0. The van der Waals surface area contributed by atoms with Crippen LogP contribution in [0.15, 0.2) is 28.8 Å². The number of amides is 1. The lowest BCUT2D eigenvalue weighted by molar-refractivity contribution is 0.0538. The van der Waals surface area contributed by atoms with E-state index in [0.717, 1.165) is 23.6 Å². The summed E-state index contributed by atoms with van der Waals surface area (Å²) < 4.78 is 10.9. The van der Waals surface area contributed by atoms with Crippen molar-refractivity contribution in [2.75, 3.05) is 33.8 Å². The van der Waals surface area contributed by atoms with Gasteiger partial charge in [0, 0.05) is 30.6 Å². The predicted octanol–water partition coefficient (Wildman–Crippen LogP) is 3.42. The first kappa shape index (κ1) is 19.4. The van der Waals surface area contributed by atoms with Crippen molar-refractivity contribution in [2.24, 2.45) is 0 Å². The van der Waals surface area contributed by atoms with Crippen molar-refractivity contribution in [1.82, 2.24) is 15.0 Å². The Balaban J connectivity index is 1.91.